The van der Waals surface area contributed by atoms with E-state index in [1.54, 1.807) is 24.4 Å². The molecule has 132 valence electrons. The maximum Gasteiger partial charge on any atom is 0.276 e. The van der Waals surface area contributed by atoms with E-state index < -0.39 is 0 Å². The molecular weight excluding hydrogens is 336 g/mol. The standard InChI is InChI=1S/C22H18N4O/c23-14-16-7-9-18(10-8-16)25-19-11-12-20(24-15-19)22(27)26-13-3-5-17-4-1-2-6-21(17)26/h1-2,4,6-12,15,25H,3,5,13H2. The molecule has 0 unspecified atom stereocenters. The number of anilines is 3. The maximum absolute atomic E-state index is 12.9. The molecule has 3 aromatic rings. The van der Waals surface area contributed by atoms with Gasteiger partial charge in [-0.3, -0.25) is 4.79 Å². The minimum atomic E-state index is -0.0768. The fraction of sp³-hybridized carbons (Fsp3) is 0.136. The van der Waals surface area contributed by atoms with E-state index in [0.29, 0.717) is 17.8 Å². The van der Waals surface area contributed by atoms with Gasteiger partial charge in [0.15, 0.2) is 0 Å². The summed E-state index contributed by atoms with van der Waals surface area (Å²) in [5, 5.41) is 12.1. The first-order valence-corrected chi connectivity index (χ1v) is 8.87. The normalized spacial score (nSPS) is 12.8. The highest BCUT2D eigenvalue weighted by atomic mass is 16.2. The number of aromatic nitrogens is 1. The number of benzene rings is 2. The molecule has 0 saturated heterocycles. The lowest BCUT2D eigenvalue weighted by Gasteiger charge is -2.29. The van der Waals surface area contributed by atoms with Crippen LogP contribution in [-0.2, 0) is 6.42 Å². The van der Waals surface area contributed by atoms with Crippen molar-refractivity contribution in [1.82, 2.24) is 4.98 Å². The van der Waals surface area contributed by atoms with Gasteiger partial charge >= 0.3 is 0 Å². The number of amides is 1. The molecule has 0 radical (unpaired) electrons. The quantitative estimate of drug-likeness (QED) is 0.762. The van der Waals surface area contributed by atoms with Gasteiger partial charge in [-0.05, 0) is 60.9 Å². The monoisotopic (exact) mass is 354 g/mol. The Balaban J connectivity index is 1.50. The van der Waals surface area contributed by atoms with Crippen molar-refractivity contribution in [3.8, 4) is 6.07 Å². The van der Waals surface area contributed by atoms with Gasteiger partial charge in [0.05, 0.1) is 23.5 Å². The molecule has 5 nitrogen and oxygen atoms in total. The summed E-state index contributed by atoms with van der Waals surface area (Å²) in [6, 6.07) is 20.9. The molecular formula is C22H18N4O. The number of hydrogen-bond acceptors (Lipinski definition) is 4. The summed E-state index contributed by atoms with van der Waals surface area (Å²) in [5.41, 5.74) is 4.88. The van der Waals surface area contributed by atoms with Gasteiger partial charge in [-0.1, -0.05) is 18.2 Å². The van der Waals surface area contributed by atoms with E-state index in [0.717, 1.165) is 29.9 Å². The van der Waals surface area contributed by atoms with Crippen molar-refractivity contribution in [1.29, 1.82) is 5.26 Å². The lowest BCUT2D eigenvalue weighted by molar-refractivity contribution is 0.0980. The lowest BCUT2D eigenvalue weighted by atomic mass is 10.0. The van der Waals surface area contributed by atoms with Crippen LogP contribution in [-0.4, -0.2) is 17.4 Å². The molecule has 1 aliphatic heterocycles. The number of hydrogen-bond donors (Lipinski definition) is 1. The molecule has 0 saturated carbocycles. The van der Waals surface area contributed by atoms with Crippen molar-refractivity contribution in [2.75, 3.05) is 16.8 Å². The molecule has 0 spiro atoms. The van der Waals surface area contributed by atoms with Gasteiger partial charge in [0, 0.05) is 17.9 Å². The summed E-state index contributed by atoms with van der Waals surface area (Å²) in [5.74, 6) is -0.0768. The number of rotatable bonds is 3. The van der Waals surface area contributed by atoms with Crippen molar-refractivity contribution >= 4 is 23.0 Å². The van der Waals surface area contributed by atoms with E-state index in [4.69, 9.17) is 5.26 Å². The fourth-order valence-corrected chi connectivity index (χ4v) is 3.27. The average Bonchev–Trinajstić information content (AvgIpc) is 2.74. The zero-order valence-electron chi connectivity index (χ0n) is 14.7. The molecule has 27 heavy (non-hydrogen) atoms. The van der Waals surface area contributed by atoms with Gasteiger partial charge in [-0.25, -0.2) is 4.98 Å². The van der Waals surface area contributed by atoms with Crippen molar-refractivity contribution in [3.63, 3.8) is 0 Å². The van der Waals surface area contributed by atoms with Crippen LogP contribution < -0.4 is 10.2 Å². The molecule has 2 heterocycles. The first-order valence-electron chi connectivity index (χ1n) is 8.87. The zero-order valence-corrected chi connectivity index (χ0v) is 14.7. The number of nitrogens with one attached hydrogen (secondary N) is 1. The van der Waals surface area contributed by atoms with Gasteiger partial charge in [-0.15, -0.1) is 0 Å². The van der Waals surface area contributed by atoms with Gasteiger partial charge < -0.3 is 10.2 Å². The molecule has 1 amide bonds. The highest BCUT2D eigenvalue weighted by Gasteiger charge is 2.23. The van der Waals surface area contributed by atoms with Gasteiger partial charge in [0.25, 0.3) is 5.91 Å². The summed E-state index contributed by atoms with van der Waals surface area (Å²) in [6.07, 6.45) is 3.61. The predicted molar refractivity (Wildman–Crippen MR) is 105 cm³/mol. The van der Waals surface area contributed by atoms with E-state index in [2.05, 4.69) is 22.4 Å². The van der Waals surface area contributed by atoms with Crippen molar-refractivity contribution in [3.05, 3.63) is 83.7 Å². The first kappa shape index (κ1) is 16.8. The third kappa shape index (κ3) is 3.51. The number of aryl methyl sites for hydroxylation is 1. The molecule has 1 N–H and O–H groups in total. The van der Waals surface area contributed by atoms with Crippen molar-refractivity contribution in [2.24, 2.45) is 0 Å². The number of nitrogens with zero attached hydrogens (tertiary/aromatic N) is 3. The van der Waals surface area contributed by atoms with Crippen LogP contribution >= 0.6 is 0 Å². The summed E-state index contributed by atoms with van der Waals surface area (Å²) in [6.45, 7) is 0.711. The van der Waals surface area contributed by atoms with E-state index in [-0.39, 0.29) is 5.91 Å². The number of carbonyl (C=O) groups excluding carboxylic acids is 1. The summed E-state index contributed by atoms with van der Waals surface area (Å²) >= 11 is 0. The molecule has 0 atom stereocenters. The third-order valence-corrected chi connectivity index (χ3v) is 4.64. The van der Waals surface area contributed by atoms with Crippen LogP contribution in [0.4, 0.5) is 17.1 Å². The molecule has 0 aliphatic carbocycles. The molecule has 0 bridgehead atoms. The summed E-state index contributed by atoms with van der Waals surface area (Å²) in [7, 11) is 0. The predicted octanol–water partition coefficient (Wildman–Crippen LogP) is 4.29. The number of para-hydroxylation sites is 1. The second kappa shape index (κ2) is 7.30. The maximum atomic E-state index is 12.9. The zero-order chi connectivity index (χ0) is 18.6. The minimum absolute atomic E-state index is 0.0768. The molecule has 1 aromatic heterocycles. The van der Waals surface area contributed by atoms with E-state index >= 15 is 0 Å². The fourth-order valence-electron chi connectivity index (χ4n) is 3.27. The number of nitriles is 1. The van der Waals surface area contributed by atoms with E-state index in [1.165, 1.54) is 5.56 Å². The van der Waals surface area contributed by atoms with Gasteiger partial charge in [0.2, 0.25) is 0 Å². The number of fused-ring (bicyclic) bond motifs is 1. The average molecular weight is 354 g/mol. The van der Waals surface area contributed by atoms with Crippen LogP contribution in [0.15, 0.2) is 66.9 Å². The molecule has 0 fully saturated rings. The highest BCUT2D eigenvalue weighted by molar-refractivity contribution is 6.05. The Morgan fingerprint density at radius 2 is 1.81 bits per heavy atom. The second-order valence-corrected chi connectivity index (χ2v) is 6.44. The highest BCUT2D eigenvalue weighted by Crippen LogP contribution is 2.28. The minimum Gasteiger partial charge on any atom is -0.354 e. The van der Waals surface area contributed by atoms with Crippen LogP contribution in [0.1, 0.15) is 28.0 Å². The van der Waals surface area contributed by atoms with Crippen LogP contribution in [0.25, 0.3) is 0 Å². The Morgan fingerprint density at radius 3 is 2.56 bits per heavy atom. The van der Waals surface area contributed by atoms with Crippen molar-refractivity contribution < 1.29 is 4.79 Å². The largest absolute Gasteiger partial charge is 0.354 e. The Morgan fingerprint density at radius 1 is 1.04 bits per heavy atom. The Bertz CT molecular complexity index is 1000. The first-order chi connectivity index (χ1) is 13.2. The Kier molecular flexibility index (Phi) is 4.54. The van der Waals surface area contributed by atoms with Crippen LogP contribution in [0.5, 0.6) is 0 Å². The Hall–Kier alpha value is -3.65. The van der Waals surface area contributed by atoms with Crippen LogP contribution in [0, 0.1) is 11.3 Å². The second-order valence-electron chi connectivity index (χ2n) is 6.44. The summed E-state index contributed by atoms with van der Waals surface area (Å²) < 4.78 is 0. The van der Waals surface area contributed by atoms with E-state index in [1.807, 2.05) is 41.3 Å². The molecule has 1 aliphatic rings. The van der Waals surface area contributed by atoms with Crippen molar-refractivity contribution in [2.45, 2.75) is 12.8 Å². The molecule has 4 rings (SSSR count). The van der Waals surface area contributed by atoms with E-state index in [9.17, 15) is 4.79 Å². The summed E-state index contributed by atoms with van der Waals surface area (Å²) in [4.78, 5) is 19.1. The van der Waals surface area contributed by atoms with Crippen LogP contribution in [0.2, 0.25) is 0 Å². The third-order valence-electron chi connectivity index (χ3n) is 4.64. The SMILES string of the molecule is N#Cc1ccc(Nc2ccc(C(=O)N3CCCc4ccccc43)nc2)cc1. The number of pyridine rings is 1. The topological polar surface area (TPSA) is 69.0 Å². The lowest BCUT2D eigenvalue weighted by Crippen LogP contribution is -2.35. The molecule has 5 heteroatoms. The number of carbonyl (C=O) groups is 1. The molecule has 2 aromatic carbocycles. The van der Waals surface area contributed by atoms with Gasteiger partial charge in [-0.2, -0.15) is 5.26 Å². The van der Waals surface area contributed by atoms with Crippen LogP contribution in [0.3, 0.4) is 0 Å². The Labute approximate surface area is 157 Å². The smallest absolute Gasteiger partial charge is 0.276 e. The van der Waals surface area contributed by atoms with Gasteiger partial charge in [0.1, 0.15) is 5.69 Å².